The van der Waals surface area contributed by atoms with E-state index >= 15 is 0 Å². The number of hydrogen-bond donors (Lipinski definition) is 2. The molecular formula is C16H22N2O3. The Kier molecular flexibility index (Phi) is 4.41. The number of amides is 1. The van der Waals surface area contributed by atoms with Gasteiger partial charge in [0.15, 0.2) is 0 Å². The molecule has 2 aliphatic heterocycles. The minimum absolute atomic E-state index is 0.424. The van der Waals surface area contributed by atoms with Crippen molar-refractivity contribution in [2.45, 2.75) is 32.6 Å². The molecule has 0 bridgehead atoms. The summed E-state index contributed by atoms with van der Waals surface area (Å²) in [6, 6.07) is 6.15. The van der Waals surface area contributed by atoms with Crippen molar-refractivity contribution >= 4 is 6.09 Å². The maximum Gasteiger partial charge on any atom is 0.407 e. The topological polar surface area (TPSA) is 61.8 Å². The van der Waals surface area contributed by atoms with E-state index < -0.39 is 6.09 Å². The van der Waals surface area contributed by atoms with Crippen LogP contribution in [0, 0.1) is 5.92 Å². The summed E-state index contributed by atoms with van der Waals surface area (Å²) in [7, 11) is 0. The first-order valence-corrected chi connectivity index (χ1v) is 7.59. The molecule has 1 aromatic rings. The second-order valence-electron chi connectivity index (χ2n) is 5.97. The molecule has 1 amide bonds. The van der Waals surface area contributed by atoms with E-state index in [2.05, 4.69) is 17.4 Å². The first-order valence-electron chi connectivity index (χ1n) is 7.59. The molecule has 3 rings (SSSR count). The fourth-order valence-electron chi connectivity index (χ4n) is 3.15. The molecule has 0 radical (unpaired) electrons. The Hall–Kier alpha value is -1.59. The predicted octanol–water partition coefficient (Wildman–Crippen LogP) is 2.20. The van der Waals surface area contributed by atoms with Crippen LogP contribution in [0.2, 0.25) is 0 Å². The van der Waals surface area contributed by atoms with Crippen LogP contribution in [-0.2, 0) is 24.5 Å². The average molecular weight is 290 g/mol. The molecule has 2 heterocycles. The zero-order valence-electron chi connectivity index (χ0n) is 12.2. The molecule has 5 heteroatoms. The quantitative estimate of drug-likeness (QED) is 0.892. The number of piperidine rings is 1. The monoisotopic (exact) mass is 290 g/mol. The second-order valence-corrected chi connectivity index (χ2v) is 5.97. The van der Waals surface area contributed by atoms with E-state index in [0.717, 1.165) is 31.5 Å². The lowest BCUT2D eigenvalue weighted by atomic mass is 9.99. The van der Waals surface area contributed by atoms with Gasteiger partial charge in [0.05, 0.1) is 13.2 Å². The third kappa shape index (κ3) is 3.54. The summed E-state index contributed by atoms with van der Waals surface area (Å²) in [6.07, 6.45) is 1.40. The summed E-state index contributed by atoms with van der Waals surface area (Å²) in [5, 5.41) is 12.8. The number of ether oxygens (including phenoxy) is 1. The fraction of sp³-hybridized carbons (Fsp3) is 0.562. The Bertz CT molecular complexity index is 512. The van der Waals surface area contributed by atoms with Crippen LogP contribution in [-0.4, -0.2) is 35.7 Å². The van der Waals surface area contributed by atoms with E-state index in [1.807, 2.05) is 6.07 Å². The van der Waals surface area contributed by atoms with Crippen molar-refractivity contribution < 1.29 is 14.6 Å². The molecule has 1 atom stereocenters. The molecule has 114 valence electrons. The van der Waals surface area contributed by atoms with Crippen LogP contribution in [0.25, 0.3) is 0 Å². The summed E-state index contributed by atoms with van der Waals surface area (Å²) < 4.78 is 5.41. The second kappa shape index (κ2) is 6.45. The molecule has 0 saturated carbocycles. The smallest absolute Gasteiger partial charge is 0.407 e. The van der Waals surface area contributed by atoms with Gasteiger partial charge < -0.3 is 20.1 Å². The van der Waals surface area contributed by atoms with Gasteiger partial charge in [-0.2, -0.15) is 0 Å². The van der Waals surface area contributed by atoms with E-state index in [1.54, 1.807) is 0 Å². The molecule has 5 nitrogen and oxygen atoms in total. The Balaban J connectivity index is 1.65. The van der Waals surface area contributed by atoms with Crippen LogP contribution < -0.4 is 5.32 Å². The molecule has 0 aromatic heterocycles. The van der Waals surface area contributed by atoms with Crippen LogP contribution in [0.1, 0.15) is 29.5 Å². The summed E-state index contributed by atoms with van der Waals surface area (Å²) in [5.74, 6) is 0.424. The van der Waals surface area contributed by atoms with Gasteiger partial charge in [-0.15, -0.1) is 0 Å². The predicted molar refractivity (Wildman–Crippen MR) is 79.0 cm³/mol. The zero-order chi connectivity index (χ0) is 14.7. The zero-order valence-corrected chi connectivity index (χ0v) is 12.2. The van der Waals surface area contributed by atoms with Crippen molar-refractivity contribution in [2.24, 2.45) is 5.92 Å². The van der Waals surface area contributed by atoms with Crippen molar-refractivity contribution in [2.75, 3.05) is 19.6 Å². The van der Waals surface area contributed by atoms with Gasteiger partial charge in [0.25, 0.3) is 0 Å². The number of rotatable bonds is 4. The number of nitrogens with zero attached hydrogens (tertiary/aromatic N) is 1. The van der Waals surface area contributed by atoms with Crippen molar-refractivity contribution in [3.05, 3.63) is 34.9 Å². The van der Waals surface area contributed by atoms with E-state index in [1.165, 1.54) is 16.0 Å². The van der Waals surface area contributed by atoms with Crippen LogP contribution in [0.5, 0.6) is 0 Å². The lowest BCUT2D eigenvalue weighted by Crippen LogP contribution is -2.40. The summed E-state index contributed by atoms with van der Waals surface area (Å²) in [5.41, 5.74) is 3.46. The third-order valence-electron chi connectivity index (χ3n) is 4.31. The highest BCUT2D eigenvalue weighted by Gasteiger charge is 2.21. The van der Waals surface area contributed by atoms with Crippen molar-refractivity contribution in [1.29, 1.82) is 0 Å². The van der Waals surface area contributed by atoms with Gasteiger partial charge in [0, 0.05) is 13.1 Å². The van der Waals surface area contributed by atoms with E-state index in [0.29, 0.717) is 32.2 Å². The van der Waals surface area contributed by atoms with E-state index in [9.17, 15) is 9.90 Å². The summed E-state index contributed by atoms with van der Waals surface area (Å²) in [6.45, 7) is 4.35. The lowest BCUT2D eigenvalue weighted by molar-refractivity contribution is 0.129. The molecule has 21 heavy (non-hydrogen) atoms. The number of benzene rings is 1. The van der Waals surface area contributed by atoms with Crippen molar-refractivity contribution in [3.63, 3.8) is 0 Å². The maximum absolute atomic E-state index is 11.5. The summed E-state index contributed by atoms with van der Waals surface area (Å²) in [4.78, 5) is 13.0. The molecular weight excluding hydrogens is 268 g/mol. The van der Waals surface area contributed by atoms with Gasteiger partial charge >= 0.3 is 6.09 Å². The Labute approximate surface area is 124 Å². The van der Waals surface area contributed by atoms with Crippen LogP contribution in [0.4, 0.5) is 4.79 Å². The normalized spacial score (nSPS) is 21.0. The highest BCUT2D eigenvalue weighted by molar-refractivity contribution is 5.65. The molecule has 0 spiro atoms. The number of fused-ring (bicyclic) bond motifs is 1. The first kappa shape index (κ1) is 14.4. The SMILES string of the molecule is O=C(O)N(Cc1ccc2c(c1)COC2)CC1CCCNC1. The molecule has 2 N–H and O–H groups in total. The molecule has 1 fully saturated rings. The van der Waals surface area contributed by atoms with Gasteiger partial charge in [0.1, 0.15) is 0 Å². The number of hydrogen-bond acceptors (Lipinski definition) is 3. The fourth-order valence-corrected chi connectivity index (χ4v) is 3.15. The molecule has 0 aliphatic carbocycles. The van der Waals surface area contributed by atoms with Crippen LogP contribution in [0.3, 0.4) is 0 Å². The van der Waals surface area contributed by atoms with Crippen molar-refractivity contribution in [1.82, 2.24) is 10.2 Å². The largest absolute Gasteiger partial charge is 0.465 e. The van der Waals surface area contributed by atoms with Gasteiger partial charge in [-0.25, -0.2) is 4.79 Å². The summed E-state index contributed by atoms with van der Waals surface area (Å²) >= 11 is 0. The molecule has 1 saturated heterocycles. The minimum atomic E-state index is -0.836. The molecule has 2 aliphatic rings. The lowest BCUT2D eigenvalue weighted by Gasteiger charge is -2.28. The van der Waals surface area contributed by atoms with Gasteiger partial charge in [0.2, 0.25) is 0 Å². The van der Waals surface area contributed by atoms with Gasteiger partial charge in [-0.1, -0.05) is 18.2 Å². The van der Waals surface area contributed by atoms with E-state index in [4.69, 9.17) is 4.74 Å². The average Bonchev–Trinajstić information content (AvgIpc) is 2.95. The number of carbonyl (C=O) groups is 1. The highest BCUT2D eigenvalue weighted by atomic mass is 16.5. The molecule has 1 unspecified atom stereocenters. The Morgan fingerprint density at radius 1 is 1.38 bits per heavy atom. The number of carboxylic acid groups (broad SMARTS) is 1. The third-order valence-corrected chi connectivity index (χ3v) is 4.31. The van der Waals surface area contributed by atoms with Gasteiger partial charge in [-0.3, -0.25) is 0 Å². The number of nitrogens with one attached hydrogen (secondary N) is 1. The maximum atomic E-state index is 11.5. The van der Waals surface area contributed by atoms with Crippen LogP contribution in [0.15, 0.2) is 18.2 Å². The Morgan fingerprint density at radius 2 is 2.24 bits per heavy atom. The highest BCUT2D eigenvalue weighted by Crippen LogP contribution is 2.22. The van der Waals surface area contributed by atoms with Crippen LogP contribution >= 0.6 is 0 Å². The molecule has 1 aromatic carbocycles. The minimum Gasteiger partial charge on any atom is -0.465 e. The first-order chi connectivity index (χ1) is 10.2. The van der Waals surface area contributed by atoms with E-state index in [-0.39, 0.29) is 0 Å². The van der Waals surface area contributed by atoms with Crippen molar-refractivity contribution in [3.8, 4) is 0 Å². The van der Waals surface area contributed by atoms with Gasteiger partial charge in [-0.05, 0) is 48.5 Å². The standard InChI is InChI=1S/C16H22N2O3/c19-16(20)18(9-13-2-1-5-17-7-13)8-12-3-4-14-10-21-11-15(14)6-12/h3-4,6,13,17H,1-2,5,7-11H2,(H,19,20). The Morgan fingerprint density at radius 3 is 3.00 bits per heavy atom.